The average Bonchev–Trinajstić information content (AvgIpc) is 3.16. The largest absolute Gasteiger partial charge is 0.786 e. The predicted octanol–water partition coefficient (Wildman–Crippen LogP) is 24.9. The molecule has 0 unspecified atom stereocenters. The second-order valence-corrected chi connectivity index (χ2v) is 27.9. The monoisotopic (exact) mass is 1570 g/mol. The van der Waals surface area contributed by atoms with Gasteiger partial charge in [0.2, 0.25) is 0 Å². The third-order valence-corrected chi connectivity index (χ3v) is 10.0. The van der Waals surface area contributed by atoms with E-state index in [4.69, 9.17) is 10.8 Å². The van der Waals surface area contributed by atoms with Crippen molar-refractivity contribution in [3.63, 3.8) is 0 Å². The summed E-state index contributed by atoms with van der Waals surface area (Å²) in [5.41, 5.74) is 22.0. The fraction of sp³-hybridized carbons (Fsp3) is 0.493. The van der Waals surface area contributed by atoms with Gasteiger partial charge in [-0.3, -0.25) is 0 Å². The molecule has 0 saturated carbocycles. The van der Waals surface area contributed by atoms with E-state index in [1.54, 1.807) is 0 Å². The molecule has 8 nitrogen and oxygen atoms in total. The number of hydrogen-bond donors (Lipinski definition) is 0. The molecule has 6 rings (SSSR count). The van der Waals surface area contributed by atoms with E-state index in [0.29, 0.717) is 0 Å². The van der Waals surface area contributed by atoms with Crippen LogP contribution in [0.15, 0.2) is 109 Å². The minimum absolute atomic E-state index is 0. The van der Waals surface area contributed by atoms with Crippen molar-refractivity contribution in [1.82, 2.24) is 0 Å². The maximum atomic E-state index is 6.88. The SMILES string of the molecule is Cc1cc(C)cc([N-]C(C)(C)C)c1.Cc1cc(C)cc([N-]C(C)(C)C)c1.Cc1cc(C)cc([N-]C(C)(C)C)c1.Cc1cc(C)cc([N-]C(C)(C)C)c1.Cc1cc(C)cc([N-]C(C)(C)C)c1.Cc1cc(C)cc([N-]C(C)(C)C)c1.[N-]=C=[N-].[U].[U]. The van der Waals surface area contributed by atoms with Gasteiger partial charge in [-0.1, -0.05) is 301 Å². The first-order valence-corrected chi connectivity index (χ1v) is 28.5. The quantitative estimate of drug-likeness (QED) is 0.147. The Kier molecular flexibility index (Phi) is 37.1. The Hall–Kier alpha value is -4.40. The molecule has 0 radical (unpaired) electrons. The van der Waals surface area contributed by atoms with Crippen molar-refractivity contribution in [2.24, 2.45) is 0 Å². The van der Waals surface area contributed by atoms with Gasteiger partial charge >= 0.3 is 0 Å². The first kappa shape index (κ1) is 82.8. The fourth-order valence-electron chi connectivity index (χ4n) is 8.41. The minimum Gasteiger partial charge on any atom is -0.786 e. The van der Waals surface area contributed by atoms with Gasteiger partial charge in [-0.05, 0) is 83.1 Å². The smallest absolute Gasteiger partial charge is 0 e. The number of benzene rings is 6. The van der Waals surface area contributed by atoms with Gasteiger partial charge in [0, 0.05) is 62.2 Å². The Morgan fingerprint density at radius 3 is 0.337 bits per heavy atom. The molecule has 0 N–H and O–H groups in total. The van der Waals surface area contributed by atoms with Crippen LogP contribution in [0.5, 0.6) is 0 Å². The molecular formula is C73H108N8U2-8. The van der Waals surface area contributed by atoms with Crippen LogP contribution in [0.1, 0.15) is 191 Å². The molecule has 0 amide bonds. The van der Waals surface area contributed by atoms with Crippen LogP contribution in [0.3, 0.4) is 0 Å². The minimum atomic E-state index is 0. The van der Waals surface area contributed by atoms with Gasteiger partial charge in [0.05, 0.1) is 0 Å². The van der Waals surface area contributed by atoms with Crippen LogP contribution < -0.4 is 0 Å². The summed E-state index contributed by atoms with van der Waals surface area (Å²) in [6.45, 7) is 63.4. The second kappa shape index (κ2) is 37.2. The van der Waals surface area contributed by atoms with Gasteiger partial charge < -0.3 is 48.7 Å². The van der Waals surface area contributed by atoms with Crippen molar-refractivity contribution in [2.75, 3.05) is 0 Å². The normalized spacial score (nSPS) is 10.9. The Bertz CT molecular complexity index is 2260. The van der Waals surface area contributed by atoms with E-state index in [1.165, 1.54) is 66.8 Å². The van der Waals surface area contributed by atoms with Gasteiger partial charge in [-0.15, -0.1) is 67.4 Å². The van der Waals surface area contributed by atoms with Gasteiger partial charge in [0.1, 0.15) is 0 Å². The summed E-state index contributed by atoms with van der Waals surface area (Å²) < 4.78 is 0. The fourth-order valence-corrected chi connectivity index (χ4v) is 8.41. The van der Waals surface area contributed by atoms with Crippen molar-refractivity contribution in [3.05, 3.63) is 219 Å². The van der Waals surface area contributed by atoms with E-state index in [1.807, 2.05) is 0 Å². The molecule has 10 heteroatoms. The predicted molar refractivity (Wildman–Crippen MR) is 364 cm³/mol. The van der Waals surface area contributed by atoms with E-state index < -0.39 is 0 Å². The Labute approximate surface area is 557 Å². The molecule has 0 aromatic heterocycles. The summed E-state index contributed by atoms with van der Waals surface area (Å²) in [6, 6.07) is 39.2. The zero-order valence-electron chi connectivity index (χ0n) is 57.5. The van der Waals surface area contributed by atoms with Crippen LogP contribution in [0.4, 0.5) is 34.1 Å². The molecule has 0 saturated heterocycles. The summed E-state index contributed by atoms with van der Waals surface area (Å²) in [5, 5.41) is 41.4. The molecule has 0 atom stereocenters. The standard InChI is InChI=1S/6C12H18N.CN2.2U/c6*1-9-6-10(2)8-11(7-9)13-12(3,4)5;2-1-3;;/h6*6-8H,1-5H3;;;/q6*-1;-2;;. The maximum absolute atomic E-state index is 6.88. The first-order valence-electron chi connectivity index (χ1n) is 28.5. The Balaban J connectivity index is -0.000000911. The van der Waals surface area contributed by atoms with Gasteiger partial charge in [0.25, 0.3) is 0 Å². The molecule has 0 aliphatic rings. The summed E-state index contributed by atoms with van der Waals surface area (Å²) in [7, 11) is 0. The number of nitrogens with zero attached hydrogens (tertiary/aromatic N) is 8. The van der Waals surface area contributed by atoms with Gasteiger partial charge in [-0.25, -0.2) is 0 Å². The third-order valence-electron chi connectivity index (χ3n) is 10.0. The molecule has 0 aliphatic carbocycles. The maximum Gasteiger partial charge on any atom is 0 e. The van der Waals surface area contributed by atoms with Gasteiger partial charge in [-0.2, -0.15) is 0 Å². The van der Waals surface area contributed by atoms with Crippen LogP contribution in [0.25, 0.3) is 42.7 Å². The van der Waals surface area contributed by atoms with Crippen LogP contribution in [0.2, 0.25) is 0 Å². The van der Waals surface area contributed by atoms with Crippen molar-refractivity contribution in [2.45, 2.75) is 241 Å². The zero-order valence-corrected chi connectivity index (χ0v) is 65.8. The van der Waals surface area contributed by atoms with E-state index in [2.05, 4.69) is 349 Å². The Morgan fingerprint density at radius 2 is 0.277 bits per heavy atom. The molecule has 83 heavy (non-hydrogen) atoms. The molecule has 0 spiro atoms. The zero-order chi connectivity index (χ0) is 63.1. The van der Waals surface area contributed by atoms with E-state index in [-0.39, 0.29) is 95.5 Å². The topological polar surface area (TPSA) is 129 Å². The number of aryl methyl sites for hydroxylation is 12. The van der Waals surface area contributed by atoms with Crippen molar-refractivity contribution < 1.29 is 62.2 Å². The summed E-state index contributed by atoms with van der Waals surface area (Å²) in [4.78, 5) is 0. The number of hydrogen-bond acceptors (Lipinski definition) is 0. The van der Waals surface area contributed by atoms with Crippen LogP contribution >= 0.6 is 0 Å². The molecule has 456 valence electrons. The average molecular weight is 1570 g/mol. The van der Waals surface area contributed by atoms with Crippen molar-refractivity contribution in [3.8, 4) is 0 Å². The number of rotatable bonds is 6. The second-order valence-electron chi connectivity index (χ2n) is 27.9. The van der Waals surface area contributed by atoms with E-state index >= 15 is 0 Å². The van der Waals surface area contributed by atoms with E-state index in [0.717, 1.165) is 40.1 Å². The molecule has 0 bridgehead atoms. The van der Waals surface area contributed by atoms with Crippen molar-refractivity contribution >= 4 is 40.1 Å². The third kappa shape index (κ3) is 46.6. The van der Waals surface area contributed by atoms with Crippen LogP contribution in [-0.4, -0.2) is 39.2 Å². The molecule has 6 aromatic carbocycles. The summed E-state index contributed by atoms with van der Waals surface area (Å²) in [5.74, 6) is 0. The Morgan fingerprint density at radius 1 is 0.205 bits per heavy atom. The summed E-state index contributed by atoms with van der Waals surface area (Å²) in [6.07, 6.45) is 0. The molecule has 6 aromatic rings. The van der Waals surface area contributed by atoms with Crippen LogP contribution in [-0.2, 0) is 0 Å². The van der Waals surface area contributed by atoms with Crippen molar-refractivity contribution in [1.29, 1.82) is 0 Å². The first-order chi connectivity index (χ1) is 36.6. The molecular weight excluding hydrogens is 1460 g/mol. The summed E-state index contributed by atoms with van der Waals surface area (Å²) >= 11 is 0. The van der Waals surface area contributed by atoms with Crippen LogP contribution in [0, 0.1) is 145 Å². The molecule has 0 fully saturated rings. The molecule has 0 heterocycles. The molecule has 0 aliphatic heterocycles. The van der Waals surface area contributed by atoms with Gasteiger partial charge in [0.15, 0.2) is 0 Å². The van der Waals surface area contributed by atoms with E-state index in [9.17, 15) is 0 Å².